The number of methoxy groups -OCH3 is 1. The highest BCUT2D eigenvalue weighted by atomic mass is 16.5. The first kappa shape index (κ1) is 17.6. The number of nitrogens with one attached hydrogen (secondary N) is 1. The molecule has 3 heterocycles. The number of imidazole rings is 1. The third kappa shape index (κ3) is 3.16. The molecule has 2 aromatic heterocycles. The van der Waals surface area contributed by atoms with E-state index in [0.29, 0.717) is 17.3 Å². The summed E-state index contributed by atoms with van der Waals surface area (Å²) in [5.74, 6) is 3.93. The predicted molar refractivity (Wildman–Crippen MR) is 104 cm³/mol. The van der Waals surface area contributed by atoms with Crippen molar-refractivity contribution < 1.29 is 14.3 Å². The van der Waals surface area contributed by atoms with Gasteiger partial charge in [0.2, 0.25) is 5.91 Å². The van der Waals surface area contributed by atoms with E-state index in [1.807, 2.05) is 34.9 Å². The van der Waals surface area contributed by atoms with E-state index in [1.54, 1.807) is 25.8 Å². The van der Waals surface area contributed by atoms with Gasteiger partial charge >= 0.3 is 0 Å². The Labute approximate surface area is 162 Å². The minimum atomic E-state index is -0.208. The monoisotopic (exact) mass is 374 g/mol. The van der Waals surface area contributed by atoms with Crippen LogP contribution in [0.4, 0.5) is 5.82 Å². The fourth-order valence-electron chi connectivity index (χ4n) is 3.32. The molecule has 1 amide bonds. The number of carbonyl (C=O) groups excluding carboxylic acids is 1. The fraction of sp³-hybridized carbons (Fsp3) is 0.190. The highest BCUT2D eigenvalue weighted by Crippen LogP contribution is 2.40. The second-order valence-corrected chi connectivity index (χ2v) is 6.27. The van der Waals surface area contributed by atoms with Crippen molar-refractivity contribution in [2.24, 2.45) is 0 Å². The van der Waals surface area contributed by atoms with Crippen molar-refractivity contribution in [1.82, 2.24) is 14.5 Å². The highest BCUT2D eigenvalue weighted by Gasteiger charge is 2.31. The lowest BCUT2D eigenvalue weighted by Gasteiger charge is -2.24. The molecule has 0 saturated heterocycles. The summed E-state index contributed by atoms with van der Waals surface area (Å²) < 4.78 is 12.8. The molecule has 1 aliphatic heterocycles. The Kier molecular flexibility index (Phi) is 4.68. The van der Waals surface area contributed by atoms with Crippen LogP contribution in [0.25, 0.3) is 5.69 Å². The number of fused-ring (bicyclic) bond motifs is 1. The molecule has 1 aliphatic rings. The number of amides is 1. The van der Waals surface area contributed by atoms with Crippen LogP contribution < -0.4 is 14.8 Å². The van der Waals surface area contributed by atoms with E-state index in [9.17, 15) is 4.79 Å². The zero-order valence-corrected chi connectivity index (χ0v) is 15.3. The Balaban J connectivity index is 1.76. The van der Waals surface area contributed by atoms with E-state index in [-0.39, 0.29) is 24.9 Å². The van der Waals surface area contributed by atoms with Gasteiger partial charge in [0.25, 0.3) is 0 Å². The molecular weight excluding hydrogens is 356 g/mol. The summed E-state index contributed by atoms with van der Waals surface area (Å²) in [5.41, 5.74) is 2.52. The van der Waals surface area contributed by atoms with E-state index in [0.717, 1.165) is 16.9 Å². The molecule has 7 heteroatoms. The summed E-state index contributed by atoms with van der Waals surface area (Å²) in [6.45, 7) is 0.131. The van der Waals surface area contributed by atoms with Crippen LogP contribution in [-0.4, -0.2) is 34.2 Å². The van der Waals surface area contributed by atoms with Gasteiger partial charge in [0.15, 0.2) is 11.5 Å². The number of pyridine rings is 1. The van der Waals surface area contributed by atoms with Crippen LogP contribution in [0.2, 0.25) is 0 Å². The zero-order valence-electron chi connectivity index (χ0n) is 15.3. The van der Waals surface area contributed by atoms with Crippen molar-refractivity contribution in [2.45, 2.75) is 12.3 Å². The van der Waals surface area contributed by atoms with Gasteiger partial charge in [0.1, 0.15) is 18.8 Å². The van der Waals surface area contributed by atoms with Gasteiger partial charge < -0.3 is 14.8 Å². The van der Waals surface area contributed by atoms with Crippen molar-refractivity contribution in [2.75, 3.05) is 19.0 Å². The van der Waals surface area contributed by atoms with Crippen molar-refractivity contribution in [3.63, 3.8) is 0 Å². The first-order valence-corrected chi connectivity index (χ1v) is 8.73. The van der Waals surface area contributed by atoms with Crippen LogP contribution >= 0.6 is 0 Å². The van der Waals surface area contributed by atoms with Crippen LogP contribution in [0.15, 0.2) is 49.1 Å². The van der Waals surface area contributed by atoms with Crippen molar-refractivity contribution >= 4 is 11.7 Å². The van der Waals surface area contributed by atoms with Crippen molar-refractivity contribution in [3.05, 3.63) is 60.3 Å². The largest absolute Gasteiger partial charge is 0.493 e. The molecule has 0 bridgehead atoms. The van der Waals surface area contributed by atoms with Crippen LogP contribution in [0.3, 0.4) is 0 Å². The maximum atomic E-state index is 12.4. The normalized spacial score (nSPS) is 15.3. The van der Waals surface area contributed by atoms with E-state index >= 15 is 0 Å². The summed E-state index contributed by atoms with van der Waals surface area (Å²) in [6, 6.07) is 9.32. The van der Waals surface area contributed by atoms with Gasteiger partial charge in [-0.1, -0.05) is 12.0 Å². The summed E-state index contributed by atoms with van der Waals surface area (Å²) in [4.78, 5) is 21.1. The topological polar surface area (TPSA) is 78.3 Å². The Morgan fingerprint density at radius 2 is 2.25 bits per heavy atom. The Hall–Kier alpha value is -3.79. The second kappa shape index (κ2) is 7.45. The zero-order chi connectivity index (χ0) is 19.5. The maximum Gasteiger partial charge on any atom is 0.226 e. The summed E-state index contributed by atoms with van der Waals surface area (Å²) in [6.07, 6.45) is 10.7. The molecule has 28 heavy (non-hydrogen) atoms. The Morgan fingerprint density at radius 1 is 1.36 bits per heavy atom. The van der Waals surface area contributed by atoms with Gasteiger partial charge in [-0.05, 0) is 29.8 Å². The molecule has 0 saturated carbocycles. The van der Waals surface area contributed by atoms with Crippen LogP contribution in [0.5, 0.6) is 11.5 Å². The molecule has 1 aromatic carbocycles. The third-order valence-electron chi connectivity index (χ3n) is 4.60. The molecule has 0 unspecified atom stereocenters. The standard InChI is InChI=1S/C21H18N4O3/c1-3-9-28-18-10-14(6-7-17(18)27-2)16-11-19(26)24-21-20(16)23-13-25(21)15-5-4-8-22-12-15/h1,4-8,10,12-13,16H,9,11H2,2H3,(H,24,26)/t16-/m0/s1. The lowest BCUT2D eigenvalue weighted by atomic mass is 9.89. The molecule has 140 valence electrons. The van der Waals surface area contributed by atoms with Gasteiger partial charge in [0, 0.05) is 18.5 Å². The second-order valence-electron chi connectivity index (χ2n) is 6.27. The average molecular weight is 374 g/mol. The molecule has 0 radical (unpaired) electrons. The number of ether oxygens (including phenoxy) is 2. The Morgan fingerprint density at radius 3 is 3.00 bits per heavy atom. The van der Waals surface area contributed by atoms with Gasteiger partial charge in [-0.3, -0.25) is 14.3 Å². The number of terminal acetylenes is 1. The third-order valence-corrected chi connectivity index (χ3v) is 4.60. The molecule has 3 aromatic rings. The molecule has 0 fully saturated rings. The highest BCUT2D eigenvalue weighted by molar-refractivity contribution is 5.94. The van der Waals surface area contributed by atoms with Crippen LogP contribution in [0, 0.1) is 12.3 Å². The molecule has 1 N–H and O–H groups in total. The van der Waals surface area contributed by atoms with Gasteiger partial charge in [-0.15, -0.1) is 6.42 Å². The van der Waals surface area contributed by atoms with E-state index < -0.39 is 0 Å². The summed E-state index contributed by atoms with van der Waals surface area (Å²) in [7, 11) is 1.57. The van der Waals surface area contributed by atoms with Crippen molar-refractivity contribution in [3.8, 4) is 29.5 Å². The van der Waals surface area contributed by atoms with E-state index in [1.165, 1.54) is 0 Å². The smallest absolute Gasteiger partial charge is 0.226 e. The molecule has 7 nitrogen and oxygen atoms in total. The number of rotatable bonds is 5. The van der Waals surface area contributed by atoms with E-state index in [2.05, 4.69) is 21.2 Å². The average Bonchev–Trinajstić information content (AvgIpc) is 3.15. The molecule has 0 aliphatic carbocycles. The number of hydrogen-bond donors (Lipinski definition) is 1. The number of aromatic nitrogens is 3. The van der Waals surface area contributed by atoms with Gasteiger partial charge in [-0.2, -0.15) is 0 Å². The van der Waals surface area contributed by atoms with Gasteiger partial charge in [0.05, 0.1) is 24.7 Å². The first-order chi connectivity index (χ1) is 13.7. The van der Waals surface area contributed by atoms with Crippen LogP contribution in [0.1, 0.15) is 23.6 Å². The van der Waals surface area contributed by atoms with Crippen LogP contribution in [-0.2, 0) is 4.79 Å². The maximum absolute atomic E-state index is 12.4. The summed E-state index contributed by atoms with van der Waals surface area (Å²) in [5, 5.41) is 2.93. The first-order valence-electron chi connectivity index (χ1n) is 8.73. The SMILES string of the molecule is C#CCOc1cc([C@@H]2CC(=O)Nc3c2ncn3-c2cccnc2)ccc1OC. The number of carbonyl (C=O) groups is 1. The fourth-order valence-corrected chi connectivity index (χ4v) is 3.32. The molecule has 1 atom stereocenters. The van der Waals surface area contributed by atoms with Crippen molar-refractivity contribution in [1.29, 1.82) is 0 Å². The number of anilines is 1. The summed E-state index contributed by atoms with van der Waals surface area (Å²) >= 11 is 0. The minimum Gasteiger partial charge on any atom is -0.493 e. The minimum absolute atomic E-state index is 0.0787. The Bertz CT molecular complexity index is 1050. The van der Waals surface area contributed by atoms with E-state index in [4.69, 9.17) is 15.9 Å². The van der Waals surface area contributed by atoms with Gasteiger partial charge in [-0.25, -0.2) is 4.98 Å². The number of nitrogens with zero attached hydrogens (tertiary/aromatic N) is 3. The molecule has 4 rings (SSSR count). The predicted octanol–water partition coefficient (Wildman–Crippen LogP) is 2.76. The quantitative estimate of drug-likeness (QED) is 0.695. The molecule has 0 spiro atoms. The molecular formula is C21H18N4O3. The number of benzene rings is 1. The lowest BCUT2D eigenvalue weighted by Crippen LogP contribution is -2.25. The number of hydrogen-bond acceptors (Lipinski definition) is 5. The lowest BCUT2D eigenvalue weighted by molar-refractivity contribution is -0.116.